The molecule has 0 radical (unpaired) electrons. The van der Waals surface area contributed by atoms with E-state index in [1.54, 1.807) is 19.3 Å². The van der Waals surface area contributed by atoms with Gasteiger partial charge in [0.1, 0.15) is 17.9 Å². The van der Waals surface area contributed by atoms with Crippen LogP contribution in [0.4, 0.5) is 0 Å². The Morgan fingerprint density at radius 1 is 0.885 bits per heavy atom. The number of nitrogens with zero attached hydrogens (tertiary/aromatic N) is 2. The molecule has 0 aromatic rings. The van der Waals surface area contributed by atoms with Crippen LogP contribution in [-0.4, -0.2) is 42.2 Å². The van der Waals surface area contributed by atoms with E-state index in [4.69, 9.17) is 20.0 Å². The van der Waals surface area contributed by atoms with Gasteiger partial charge in [-0.05, 0) is 47.8 Å². The van der Waals surface area contributed by atoms with Crippen LogP contribution in [0.1, 0.15) is 83.1 Å². The molecule has 7 nitrogen and oxygen atoms in total. The molecule has 0 aromatic carbocycles. The molecule has 7 heteroatoms. The predicted octanol–water partition coefficient (Wildman–Crippen LogP) is 4.78. The number of hydrogen-bond acceptors (Lipinski definition) is 6. The fraction of sp³-hybridized carbons (Fsp3) is 0.684. The number of ketones is 2. The van der Waals surface area contributed by atoms with E-state index < -0.39 is 5.97 Å². The fourth-order valence-electron chi connectivity index (χ4n) is 0. The minimum Gasteiger partial charge on any atom is -0.481 e. The Labute approximate surface area is 161 Å². The number of rotatable bonds is 0. The maximum absolute atomic E-state index is 9.44. The summed E-state index contributed by atoms with van der Waals surface area (Å²) in [4.78, 5) is 40.3. The van der Waals surface area contributed by atoms with Gasteiger partial charge in [0.15, 0.2) is 0 Å². The smallest absolute Gasteiger partial charge is 0.300 e. The average Bonchev–Trinajstić information content (AvgIpc) is 2.51. The molecular weight excluding hydrogens is 336 g/mol. The summed E-state index contributed by atoms with van der Waals surface area (Å²) in [5.41, 5.74) is 0. The molecule has 0 saturated carbocycles. The number of carbonyl (C=O) groups is 4. The quantitative estimate of drug-likeness (QED) is 0.478. The first kappa shape index (κ1) is 49.5. The zero-order valence-corrected chi connectivity index (χ0v) is 19.1. The van der Waals surface area contributed by atoms with Crippen molar-refractivity contribution in [2.75, 3.05) is 7.05 Å². The molecule has 0 heterocycles. The topological polar surface area (TPSA) is 125 Å². The van der Waals surface area contributed by atoms with Crippen LogP contribution in [0.25, 0.3) is 0 Å². The number of aldehydes is 1. The normalized spacial score (nSPS) is 5.69. The predicted molar refractivity (Wildman–Crippen MR) is 112 cm³/mol. The maximum atomic E-state index is 9.44. The molecule has 0 aliphatic carbocycles. The lowest BCUT2D eigenvalue weighted by Gasteiger charge is -1.59. The Kier molecular flexibility index (Phi) is 178. The van der Waals surface area contributed by atoms with Crippen molar-refractivity contribution in [3.8, 4) is 6.07 Å². The van der Waals surface area contributed by atoms with Gasteiger partial charge in [-0.1, -0.05) is 27.7 Å². The lowest BCUT2D eigenvalue weighted by atomic mass is 10.6. The van der Waals surface area contributed by atoms with E-state index in [1.807, 2.05) is 34.6 Å². The van der Waals surface area contributed by atoms with Crippen molar-refractivity contribution in [1.82, 2.24) is 0 Å². The molecule has 0 aliphatic rings. The van der Waals surface area contributed by atoms with Crippen LogP contribution in [0.15, 0.2) is 4.99 Å². The van der Waals surface area contributed by atoms with Crippen LogP contribution in [0.2, 0.25) is 0 Å². The van der Waals surface area contributed by atoms with Gasteiger partial charge >= 0.3 is 0 Å². The molecule has 0 fully saturated rings. The first-order valence-electron chi connectivity index (χ1n) is 8.16. The highest BCUT2D eigenvalue weighted by Gasteiger charge is 1.65. The van der Waals surface area contributed by atoms with Gasteiger partial charge in [0, 0.05) is 20.9 Å². The van der Waals surface area contributed by atoms with E-state index in [2.05, 4.69) is 4.99 Å². The van der Waals surface area contributed by atoms with E-state index >= 15 is 0 Å². The number of carbonyl (C=O) groups excluding carboxylic acids is 3. The summed E-state index contributed by atoms with van der Waals surface area (Å²) >= 11 is 0. The molecule has 0 atom stereocenters. The monoisotopic (exact) mass is 378 g/mol. The zero-order valence-electron chi connectivity index (χ0n) is 19.1. The van der Waals surface area contributed by atoms with Crippen molar-refractivity contribution in [1.29, 1.82) is 5.26 Å². The second kappa shape index (κ2) is 93.6. The van der Waals surface area contributed by atoms with E-state index in [0.29, 0.717) is 0 Å². The number of aliphatic imine (C=N–C) groups is 1. The molecule has 0 unspecified atom stereocenters. The number of hydrogen-bond donors (Lipinski definition) is 1. The summed E-state index contributed by atoms with van der Waals surface area (Å²) in [7, 11) is 1.75. The molecule has 0 amide bonds. The van der Waals surface area contributed by atoms with Crippen LogP contribution in [-0.2, 0) is 19.2 Å². The fourth-order valence-corrected chi connectivity index (χ4v) is 0. The number of carboxylic acids is 1. The molecule has 0 spiro atoms. The van der Waals surface area contributed by atoms with Crippen LogP contribution >= 0.6 is 0 Å². The van der Waals surface area contributed by atoms with Crippen molar-refractivity contribution in [3.05, 3.63) is 0 Å². The Morgan fingerprint density at radius 2 is 0.923 bits per heavy atom. The first-order chi connectivity index (χ1) is 11.9. The zero-order chi connectivity index (χ0) is 23.6. The molecule has 0 bridgehead atoms. The van der Waals surface area contributed by atoms with E-state index in [9.17, 15) is 9.59 Å². The summed E-state index contributed by atoms with van der Waals surface area (Å²) in [6, 6.07) is 1.75. The standard InChI is InChI=1S/C3H7N.2C3H6O.C2H3N.C2H4O2.C2H4O.2C2H6/c1-3-4-2;2*1-3(2)4;1-2-3;1-2(3)4;1-2-3;2*1-2/h3H,1-2H3;2*1-2H3;1H3;1H3,(H,3,4);2H,1H3;2*1-2H3. The van der Waals surface area contributed by atoms with Crippen LogP contribution in [0.3, 0.4) is 0 Å². The highest BCUT2D eigenvalue weighted by Crippen LogP contribution is 1.51. The molecule has 0 saturated heterocycles. The highest BCUT2D eigenvalue weighted by atomic mass is 16.4. The first-order valence-corrected chi connectivity index (χ1v) is 8.16. The van der Waals surface area contributed by atoms with Crippen molar-refractivity contribution < 1.29 is 24.3 Å². The van der Waals surface area contributed by atoms with Gasteiger partial charge < -0.3 is 24.5 Å². The van der Waals surface area contributed by atoms with Crippen molar-refractivity contribution in [2.24, 2.45) is 4.99 Å². The van der Waals surface area contributed by atoms with E-state index in [1.165, 1.54) is 41.5 Å². The minimum atomic E-state index is -0.833. The Hall–Kier alpha value is -2.36. The maximum Gasteiger partial charge on any atom is 0.300 e. The molecule has 158 valence electrons. The Bertz CT molecular complexity index is 276. The number of carboxylic acid groups (broad SMARTS) is 1. The molecule has 26 heavy (non-hydrogen) atoms. The van der Waals surface area contributed by atoms with Gasteiger partial charge in [-0.25, -0.2) is 0 Å². The average molecular weight is 379 g/mol. The van der Waals surface area contributed by atoms with Crippen molar-refractivity contribution in [3.63, 3.8) is 0 Å². The van der Waals surface area contributed by atoms with Crippen molar-refractivity contribution >= 4 is 30.0 Å². The second-order valence-electron chi connectivity index (χ2n) is 3.31. The van der Waals surface area contributed by atoms with Crippen molar-refractivity contribution in [2.45, 2.75) is 83.1 Å². The third kappa shape index (κ3) is 4980. The third-order valence-corrected chi connectivity index (χ3v) is 0.258. The van der Waals surface area contributed by atoms with Crippen LogP contribution in [0.5, 0.6) is 0 Å². The van der Waals surface area contributed by atoms with Crippen LogP contribution < -0.4 is 0 Å². The number of Topliss-reactive ketones (excluding diaryl/α,β-unsaturated/α-hetero) is 2. The molecule has 0 aromatic heterocycles. The SMILES string of the molecule is CC.CC.CC#N.CC(=O)O.CC(C)=O.CC(C)=O.CC=NC.CC=O. The Balaban J connectivity index is -0.0000000241. The molecule has 0 aliphatic heterocycles. The molecule has 0 rings (SSSR count). The minimum absolute atomic E-state index is 0.167. The van der Waals surface area contributed by atoms with Gasteiger partial charge in [-0.3, -0.25) is 4.79 Å². The Morgan fingerprint density at radius 3 is 0.923 bits per heavy atom. The number of aliphatic carboxylic acids is 1. The van der Waals surface area contributed by atoms with Gasteiger partial charge in [-0.15, -0.1) is 0 Å². The molecular formula is C19H42N2O5. The van der Waals surface area contributed by atoms with E-state index in [-0.39, 0.29) is 11.6 Å². The summed E-state index contributed by atoms with van der Waals surface area (Å²) in [5, 5.41) is 14.7. The largest absolute Gasteiger partial charge is 0.481 e. The highest BCUT2D eigenvalue weighted by molar-refractivity contribution is 5.72. The van der Waals surface area contributed by atoms with Gasteiger partial charge in [-0.2, -0.15) is 5.26 Å². The lowest BCUT2D eigenvalue weighted by Crippen LogP contribution is -1.78. The van der Waals surface area contributed by atoms with E-state index in [0.717, 1.165) is 13.2 Å². The summed E-state index contributed by atoms with van der Waals surface area (Å²) in [5.74, 6) is -0.500. The number of nitriles is 1. The molecule has 1 N–H and O–H groups in total. The van der Waals surface area contributed by atoms with Gasteiger partial charge in [0.05, 0.1) is 6.07 Å². The van der Waals surface area contributed by atoms with Gasteiger partial charge in [0.2, 0.25) is 0 Å². The summed E-state index contributed by atoms with van der Waals surface area (Å²) < 4.78 is 0. The summed E-state index contributed by atoms with van der Waals surface area (Å²) in [6.07, 6.45) is 2.50. The summed E-state index contributed by atoms with van der Waals surface area (Å²) in [6.45, 7) is 20.0. The van der Waals surface area contributed by atoms with Gasteiger partial charge in [0.25, 0.3) is 5.97 Å². The third-order valence-electron chi connectivity index (χ3n) is 0.258. The van der Waals surface area contributed by atoms with Crippen LogP contribution in [0, 0.1) is 11.3 Å². The second-order valence-corrected chi connectivity index (χ2v) is 3.31. The lowest BCUT2D eigenvalue weighted by molar-refractivity contribution is -0.134.